The third kappa shape index (κ3) is 2.21. The van der Waals surface area contributed by atoms with Gasteiger partial charge in [0.25, 0.3) is 0 Å². The minimum absolute atomic E-state index is 0.276. The van der Waals surface area contributed by atoms with Gasteiger partial charge in [-0.1, -0.05) is 25.5 Å². The van der Waals surface area contributed by atoms with Crippen LogP contribution in [-0.4, -0.2) is 11.2 Å². The molecular weight excluding hydrogens is 304 g/mol. The van der Waals surface area contributed by atoms with E-state index < -0.39 is 0 Å². The minimum atomic E-state index is 0.276. The number of alkyl halides is 1. The summed E-state index contributed by atoms with van der Waals surface area (Å²) in [5, 5.41) is 0.355. The van der Waals surface area contributed by atoms with Crippen LogP contribution in [0.3, 0.4) is 0 Å². The van der Waals surface area contributed by atoms with Crippen molar-refractivity contribution in [3.63, 3.8) is 0 Å². The molecular formula is C21H31ClO. The van der Waals surface area contributed by atoms with Crippen LogP contribution in [0.25, 0.3) is 0 Å². The Hall–Kier alpha value is -0.300. The molecule has 4 aliphatic rings. The van der Waals surface area contributed by atoms with Gasteiger partial charge in [0.05, 0.1) is 0 Å². The summed E-state index contributed by atoms with van der Waals surface area (Å²) in [6.07, 6.45) is 12.4. The summed E-state index contributed by atoms with van der Waals surface area (Å²) < 4.78 is 0. The van der Waals surface area contributed by atoms with Crippen molar-refractivity contribution in [1.82, 2.24) is 0 Å². The summed E-state index contributed by atoms with van der Waals surface area (Å²) in [4.78, 5) is 12.2. The van der Waals surface area contributed by atoms with E-state index in [1.165, 1.54) is 38.5 Å². The molecule has 1 nitrogen and oxygen atoms in total. The lowest BCUT2D eigenvalue weighted by Crippen LogP contribution is -2.50. The molecule has 0 saturated heterocycles. The number of hydrogen-bond donors (Lipinski definition) is 0. The van der Waals surface area contributed by atoms with Crippen LogP contribution in [-0.2, 0) is 4.79 Å². The van der Waals surface area contributed by atoms with Crippen molar-refractivity contribution < 1.29 is 4.79 Å². The van der Waals surface area contributed by atoms with Crippen LogP contribution in [0.4, 0.5) is 0 Å². The highest BCUT2D eigenvalue weighted by atomic mass is 35.5. The third-order valence-electron chi connectivity index (χ3n) is 8.53. The molecule has 0 aromatic carbocycles. The van der Waals surface area contributed by atoms with Gasteiger partial charge in [-0.2, -0.15) is 0 Å². The molecule has 0 aliphatic heterocycles. The Labute approximate surface area is 146 Å². The first-order valence-electron chi connectivity index (χ1n) is 9.70. The van der Waals surface area contributed by atoms with Crippen molar-refractivity contribution >= 4 is 17.4 Å². The van der Waals surface area contributed by atoms with E-state index in [1.807, 2.05) is 6.92 Å². The Morgan fingerprint density at radius 3 is 2.65 bits per heavy atom. The van der Waals surface area contributed by atoms with E-state index in [-0.39, 0.29) is 5.41 Å². The van der Waals surface area contributed by atoms with Crippen LogP contribution in [0, 0.1) is 34.5 Å². The van der Waals surface area contributed by atoms with E-state index in [0.29, 0.717) is 22.5 Å². The fourth-order valence-electron chi connectivity index (χ4n) is 7.28. The standard InChI is InChI=1S/C21H31ClO/c1-13(23)17-6-7-18-16-5-4-14-12-15(22)8-10-20(14,2)19(16)9-11-21(17,18)3/h4,15-19H,5-12H2,1-3H3/t15-,16-,17+,18-,19-,20+,21-/m1/s1. The molecule has 3 fully saturated rings. The number of fused-ring (bicyclic) bond motifs is 5. The lowest BCUT2D eigenvalue weighted by Gasteiger charge is -2.57. The van der Waals surface area contributed by atoms with Gasteiger partial charge in [0.2, 0.25) is 0 Å². The molecule has 3 saturated carbocycles. The summed E-state index contributed by atoms with van der Waals surface area (Å²) in [7, 11) is 0. The maximum Gasteiger partial charge on any atom is 0.133 e. The van der Waals surface area contributed by atoms with Crippen LogP contribution in [0.5, 0.6) is 0 Å². The van der Waals surface area contributed by atoms with E-state index in [1.54, 1.807) is 5.57 Å². The van der Waals surface area contributed by atoms with Gasteiger partial charge in [-0.05, 0) is 86.9 Å². The molecule has 0 radical (unpaired) electrons. The van der Waals surface area contributed by atoms with Crippen molar-refractivity contribution in [3.8, 4) is 0 Å². The van der Waals surface area contributed by atoms with Crippen molar-refractivity contribution in [2.24, 2.45) is 34.5 Å². The maximum atomic E-state index is 12.2. The normalized spacial score (nSPS) is 52.2. The lowest BCUT2D eigenvalue weighted by atomic mass is 9.47. The Morgan fingerprint density at radius 2 is 1.91 bits per heavy atom. The van der Waals surface area contributed by atoms with E-state index in [9.17, 15) is 4.79 Å². The molecule has 0 aromatic heterocycles. The van der Waals surface area contributed by atoms with E-state index in [4.69, 9.17) is 11.6 Å². The summed E-state index contributed by atoms with van der Waals surface area (Å²) in [5.41, 5.74) is 2.33. The Kier molecular flexibility index (Phi) is 3.76. The zero-order chi connectivity index (χ0) is 16.4. The number of rotatable bonds is 1. The molecule has 0 bridgehead atoms. The molecule has 0 spiro atoms. The Morgan fingerprint density at radius 1 is 1.13 bits per heavy atom. The van der Waals surface area contributed by atoms with Crippen molar-refractivity contribution in [3.05, 3.63) is 11.6 Å². The number of carbonyl (C=O) groups is 1. The first-order chi connectivity index (χ1) is 10.9. The van der Waals surface area contributed by atoms with Gasteiger partial charge in [-0.25, -0.2) is 0 Å². The lowest BCUT2D eigenvalue weighted by molar-refractivity contribution is -0.127. The quantitative estimate of drug-likeness (QED) is 0.440. The zero-order valence-electron chi connectivity index (χ0n) is 14.9. The Bertz CT molecular complexity index is 552. The van der Waals surface area contributed by atoms with E-state index in [2.05, 4.69) is 19.9 Å². The fourth-order valence-corrected chi connectivity index (χ4v) is 7.56. The maximum absolute atomic E-state index is 12.2. The smallest absolute Gasteiger partial charge is 0.133 e. The van der Waals surface area contributed by atoms with Gasteiger partial charge >= 0.3 is 0 Å². The topological polar surface area (TPSA) is 17.1 Å². The molecule has 0 heterocycles. The van der Waals surface area contributed by atoms with Gasteiger partial charge in [-0.15, -0.1) is 11.6 Å². The SMILES string of the molecule is CC(=O)[C@@H]1CC[C@@H]2[C@H]3CC=C4C[C@H](Cl)CC[C@]4(C)[C@@H]3CC[C@@]21C. The first-order valence-corrected chi connectivity index (χ1v) is 10.1. The molecule has 0 amide bonds. The highest BCUT2D eigenvalue weighted by Crippen LogP contribution is 2.66. The molecule has 0 N–H and O–H groups in total. The molecule has 0 unspecified atom stereocenters. The van der Waals surface area contributed by atoms with Crippen molar-refractivity contribution in [2.75, 3.05) is 0 Å². The number of allylic oxidation sites excluding steroid dienone is 2. The average molecular weight is 335 g/mol. The predicted molar refractivity (Wildman–Crippen MR) is 95.5 cm³/mol. The molecule has 128 valence electrons. The monoisotopic (exact) mass is 334 g/mol. The van der Waals surface area contributed by atoms with Crippen LogP contribution < -0.4 is 0 Å². The van der Waals surface area contributed by atoms with E-state index in [0.717, 1.165) is 30.6 Å². The number of Topliss-reactive ketones (excluding diaryl/α,β-unsaturated/α-hetero) is 1. The van der Waals surface area contributed by atoms with Gasteiger partial charge in [-0.3, -0.25) is 4.79 Å². The van der Waals surface area contributed by atoms with Gasteiger partial charge in [0.1, 0.15) is 5.78 Å². The predicted octanol–water partition coefficient (Wildman–Crippen LogP) is 5.76. The second-order valence-electron chi connectivity index (χ2n) is 9.38. The second-order valence-corrected chi connectivity index (χ2v) is 10.0. The van der Waals surface area contributed by atoms with Crippen LogP contribution >= 0.6 is 11.6 Å². The number of hydrogen-bond acceptors (Lipinski definition) is 1. The molecule has 4 aliphatic carbocycles. The number of ketones is 1. The highest BCUT2D eigenvalue weighted by molar-refractivity contribution is 6.20. The molecule has 2 heteroatoms. The average Bonchev–Trinajstić information content (AvgIpc) is 2.85. The zero-order valence-corrected chi connectivity index (χ0v) is 15.7. The molecule has 23 heavy (non-hydrogen) atoms. The highest BCUT2D eigenvalue weighted by Gasteiger charge is 2.59. The van der Waals surface area contributed by atoms with Crippen LogP contribution in [0.15, 0.2) is 11.6 Å². The van der Waals surface area contributed by atoms with Crippen molar-refractivity contribution in [1.29, 1.82) is 0 Å². The number of halogens is 1. The largest absolute Gasteiger partial charge is 0.300 e. The van der Waals surface area contributed by atoms with Crippen molar-refractivity contribution in [2.45, 2.75) is 77.5 Å². The van der Waals surface area contributed by atoms with Crippen LogP contribution in [0.1, 0.15) is 72.1 Å². The van der Waals surface area contributed by atoms with Gasteiger partial charge < -0.3 is 0 Å². The van der Waals surface area contributed by atoms with Crippen LogP contribution in [0.2, 0.25) is 0 Å². The Balaban J connectivity index is 1.66. The van der Waals surface area contributed by atoms with E-state index >= 15 is 0 Å². The second kappa shape index (κ2) is 5.35. The van der Waals surface area contributed by atoms with Gasteiger partial charge in [0.15, 0.2) is 0 Å². The summed E-state index contributed by atoms with van der Waals surface area (Å²) in [5.74, 6) is 3.16. The van der Waals surface area contributed by atoms with Gasteiger partial charge in [0, 0.05) is 11.3 Å². The first kappa shape index (κ1) is 16.2. The third-order valence-corrected chi connectivity index (χ3v) is 8.91. The molecule has 4 rings (SSSR count). The minimum Gasteiger partial charge on any atom is -0.300 e. The molecule has 0 aromatic rings. The number of carbonyl (C=O) groups excluding carboxylic acids is 1. The fraction of sp³-hybridized carbons (Fsp3) is 0.857. The molecule has 7 atom stereocenters. The summed E-state index contributed by atoms with van der Waals surface area (Å²) in [6.45, 7) is 6.79. The summed E-state index contributed by atoms with van der Waals surface area (Å²) in [6, 6.07) is 0. The summed E-state index contributed by atoms with van der Waals surface area (Å²) >= 11 is 6.46.